The van der Waals surface area contributed by atoms with Crippen LogP contribution in [0.2, 0.25) is 5.02 Å². The van der Waals surface area contributed by atoms with Crippen molar-refractivity contribution in [2.45, 2.75) is 32.7 Å². The molecule has 0 spiro atoms. The Labute approximate surface area is 135 Å². The van der Waals surface area contributed by atoms with Crippen LogP contribution in [-0.4, -0.2) is 35.8 Å². The zero-order chi connectivity index (χ0) is 16.3. The van der Waals surface area contributed by atoms with E-state index in [1.807, 2.05) is 19.9 Å². The molecule has 1 heterocycles. The first kappa shape index (κ1) is 16.8. The Balaban J connectivity index is 1.95. The van der Waals surface area contributed by atoms with E-state index in [1.165, 1.54) is 0 Å². The summed E-state index contributed by atoms with van der Waals surface area (Å²) >= 11 is 5.97. The molecule has 1 saturated heterocycles. The number of piperidine rings is 1. The largest absolute Gasteiger partial charge is 0.369 e. The fourth-order valence-corrected chi connectivity index (χ4v) is 2.88. The highest BCUT2D eigenvalue weighted by molar-refractivity contribution is 6.31. The molecule has 1 aromatic carbocycles. The van der Waals surface area contributed by atoms with E-state index < -0.39 is 0 Å². The van der Waals surface area contributed by atoms with E-state index in [-0.39, 0.29) is 23.8 Å². The monoisotopic (exact) mass is 323 g/mol. The second kappa shape index (κ2) is 7.11. The van der Waals surface area contributed by atoms with Crippen molar-refractivity contribution in [1.82, 2.24) is 4.90 Å². The van der Waals surface area contributed by atoms with E-state index in [0.717, 1.165) is 11.3 Å². The third kappa shape index (κ3) is 3.99. The van der Waals surface area contributed by atoms with Gasteiger partial charge in [-0.3, -0.25) is 14.5 Å². The van der Waals surface area contributed by atoms with Crippen LogP contribution in [0.3, 0.4) is 0 Å². The summed E-state index contributed by atoms with van der Waals surface area (Å²) in [5.41, 5.74) is 7.03. The number of primary amides is 1. The van der Waals surface area contributed by atoms with Crippen LogP contribution >= 0.6 is 11.6 Å². The highest BCUT2D eigenvalue weighted by Crippen LogP contribution is 2.22. The minimum Gasteiger partial charge on any atom is -0.369 e. The zero-order valence-corrected chi connectivity index (χ0v) is 13.7. The molecule has 1 aliphatic heterocycles. The zero-order valence-electron chi connectivity index (χ0n) is 12.9. The smallest absolute Gasteiger partial charge is 0.241 e. The minimum absolute atomic E-state index is 0.0668. The summed E-state index contributed by atoms with van der Waals surface area (Å²) in [7, 11) is 0. The van der Waals surface area contributed by atoms with Gasteiger partial charge in [0.15, 0.2) is 0 Å². The molecule has 3 N–H and O–H groups in total. The van der Waals surface area contributed by atoms with Crippen molar-refractivity contribution in [1.29, 1.82) is 0 Å². The van der Waals surface area contributed by atoms with Gasteiger partial charge in [-0.25, -0.2) is 0 Å². The first-order valence-corrected chi connectivity index (χ1v) is 7.86. The second-order valence-electron chi connectivity index (χ2n) is 5.84. The van der Waals surface area contributed by atoms with Crippen LogP contribution in [0.5, 0.6) is 0 Å². The molecule has 1 aliphatic rings. The number of likely N-dealkylation sites (tertiary alicyclic amines) is 1. The molecule has 6 heteroatoms. The van der Waals surface area contributed by atoms with Gasteiger partial charge in [0.2, 0.25) is 11.8 Å². The molecule has 1 atom stereocenters. The highest BCUT2D eigenvalue weighted by Gasteiger charge is 2.28. The number of nitrogens with two attached hydrogens (primary N) is 1. The van der Waals surface area contributed by atoms with Crippen molar-refractivity contribution in [3.05, 3.63) is 28.8 Å². The molecular weight excluding hydrogens is 302 g/mol. The Morgan fingerprint density at radius 3 is 2.59 bits per heavy atom. The fraction of sp³-hybridized carbons (Fsp3) is 0.500. The van der Waals surface area contributed by atoms with Gasteiger partial charge in [0.25, 0.3) is 0 Å². The number of hydrogen-bond acceptors (Lipinski definition) is 3. The van der Waals surface area contributed by atoms with Crippen LogP contribution in [0, 0.1) is 12.8 Å². The molecule has 1 unspecified atom stereocenters. The number of anilines is 1. The average molecular weight is 324 g/mol. The minimum atomic E-state index is -0.257. The van der Waals surface area contributed by atoms with Gasteiger partial charge < -0.3 is 11.1 Å². The van der Waals surface area contributed by atoms with E-state index in [2.05, 4.69) is 10.2 Å². The summed E-state index contributed by atoms with van der Waals surface area (Å²) in [6.07, 6.45) is 1.42. The Morgan fingerprint density at radius 1 is 1.36 bits per heavy atom. The summed E-state index contributed by atoms with van der Waals surface area (Å²) in [6, 6.07) is 5.17. The Bertz CT molecular complexity index is 569. The number of carbonyl (C=O) groups excluding carboxylic acids is 2. The number of amides is 2. The Hall–Kier alpha value is -1.59. The van der Waals surface area contributed by atoms with Gasteiger partial charge in [-0.15, -0.1) is 0 Å². The lowest BCUT2D eigenvalue weighted by molar-refractivity contribution is -0.124. The van der Waals surface area contributed by atoms with Crippen molar-refractivity contribution >= 4 is 29.1 Å². The quantitative estimate of drug-likeness (QED) is 0.891. The lowest BCUT2D eigenvalue weighted by Gasteiger charge is -2.34. The molecule has 1 aromatic rings. The van der Waals surface area contributed by atoms with Gasteiger partial charge in [0.05, 0.1) is 6.04 Å². The van der Waals surface area contributed by atoms with Crippen molar-refractivity contribution in [2.24, 2.45) is 11.7 Å². The van der Waals surface area contributed by atoms with E-state index >= 15 is 0 Å². The summed E-state index contributed by atoms with van der Waals surface area (Å²) in [4.78, 5) is 25.7. The molecule has 5 nitrogen and oxygen atoms in total. The maximum atomic E-state index is 12.4. The standard InChI is InChI=1S/C16H22ClN3O2/c1-10-3-4-13(17)9-14(10)19-16(22)11(2)20-7-5-12(6-8-20)15(18)21/h3-4,9,11-12H,5-8H2,1-2H3,(H2,18,21)(H,19,22). The number of rotatable bonds is 4. The molecule has 1 fully saturated rings. The molecule has 2 rings (SSSR count). The summed E-state index contributed by atoms with van der Waals surface area (Å²) in [6.45, 7) is 5.21. The van der Waals surface area contributed by atoms with Crippen molar-refractivity contribution < 1.29 is 9.59 Å². The van der Waals surface area contributed by atoms with E-state index in [4.69, 9.17) is 17.3 Å². The molecule has 0 bridgehead atoms. The SMILES string of the molecule is Cc1ccc(Cl)cc1NC(=O)C(C)N1CCC(C(N)=O)CC1. The lowest BCUT2D eigenvalue weighted by Crippen LogP contribution is -2.47. The molecule has 0 aromatic heterocycles. The van der Waals surface area contributed by atoms with Gasteiger partial charge in [-0.2, -0.15) is 0 Å². The fourth-order valence-electron chi connectivity index (χ4n) is 2.70. The summed E-state index contributed by atoms with van der Waals surface area (Å²) in [5, 5.41) is 3.52. The number of nitrogens with zero attached hydrogens (tertiary/aromatic N) is 1. The number of benzene rings is 1. The predicted molar refractivity (Wildman–Crippen MR) is 87.8 cm³/mol. The predicted octanol–water partition coefficient (Wildman–Crippen LogP) is 2.17. The lowest BCUT2D eigenvalue weighted by atomic mass is 9.95. The van der Waals surface area contributed by atoms with Crippen LogP contribution in [0.4, 0.5) is 5.69 Å². The number of halogens is 1. The van der Waals surface area contributed by atoms with E-state index in [0.29, 0.717) is 31.0 Å². The van der Waals surface area contributed by atoms with Crippen LogP contribution in [0.25, 0.3) is 0 Å². The molecule has 120 valence electrons. The molecule has 0 aliphatic carbocycles. The molecule has 0 saturated carbocycles. The average Bonchev–Trinajstić information content (AvgIpc) is 2.50. The van der Waals surface area contributed by atoms with Gasteiger partial charge in [-0.1, -0.05) is 17.7 Å². The van der Waals surface area contributed by atoms with Gasteiger partial charge >= 0.3 is 0 Å². The first-order valence-electron chi connectivity index (χ1n) is 7.49. The Kier molecular flexibility index (Phi) is 5.42. The highest BCUT2D eigenvalue weighted by atomic mass is 35.5. The molecule has 2 amide bonds. The third-order valence-electron chi connectivity index (χ3n) is 4.32. The van der Waals surface area contributed by atoms with E-state index in [9.17, 15) is 9.59 Å². The van der Waals surface area contributed by atoms with Crippen LogP contribution < -0.4 is 11.1 Å². The molecule has 22 heavy (non-hydrogen) atoms. The number of hydrogen-bond donors (Lipinski definition) is 2. The number of nitrogens with one attached hydrogen (secondary N) is 1. The van der Waals surface area contributed by atoms with Crippen LogP contribution in [-0.2, 0) is 9.59 Å². The third-order valence-corrected chi connectivity index (χ3v) is 4.55. The van der Waals surface area contributed by atoms with Crippen molar-refractivity contribution in [3.8, 4) is 0 Å². The van der Waals surface area contributed by atoms with E-state index in [1.54, 1.807) is 12.1 Å². The summed E-state index contributed by atoms with van der Waals surface area (Å²) in [5.74, 6) is -0.379. The molecular formula is C16H22ClN3O2. The summed E-state index contributed by atoms with van der Waals surface area (Å²) < 4.78 is 0. The van der Waals surface area contributed by atoms with Crippen molar-refractivity contribution in [2.75, 3.05) is 18.4 Å². The van der Waals surface area contributed by atoms with Crippen LogP contribution in [0.1, 0.15) is 25.3 Å². The van der Waals surface area contributed by atoms with Gasteiger partial charge in [-0.05, 0) is 57.5 Å². The van der Waals surface area contributed by atoms with Crippen molar-refractivity contribution in [3.63, 3.8) is 0 Å². The molecule has 0 radical (unpaired) electrons. The van der Waals surface area contributed by atoms with Crippen LogP contribution in [0.15, 0.2) is 18.2 Å². The van der Waals surface area contributed by atoms with Gasteiger partial charge in [0.1, 0.15) is 0 Å². The number of carbonyl (C=O) groups is 2. The maximum Gasteiger partial charge on any atom is 0.241 e. The second-order valence-corrected chi connectivity index (χ2v) is 6.27. The first-order chi connectivity index (χ1) is 10.4. The topological polar surface area (TPSA) is 75.4 Å². The number of aryl methyl sites for hydroxylation is 1. The maximum absolute atomic E-state index is 12.4. The normalized spacial score (nSPS) is 18.0. The van der Waals surface area contributed by atoms with Gasteiger partial charge in [0, 0.05) is 16.6 Å². The Morgan fingerprint density at radius 2 is 2.00 bits per heavy atom.